The molecule has 0 radical (unpaired) electrons. The van der Waals surface area contributed by atoms with E-state index in [0.29, 0.717) is 11.4 Å². The molecule has 148 valence electrons. The summed E-state index contributed by atoms with van der Waals surface area (Å²) in [6, 6.07) is 9.35. The molecule has 8 heteroatoms. The van der Waals surface area contributed by atoms with Gasteiger partial charge in [0.15, 0.2) is 0 Å². The molecule has 0 amide bonds. The lowest BCUT2D eigenvalue weighted by atomic mass is 10.2. The van der Waals surface area contributed by atoms with Gasteiger partial charge in [0, 0.05) is 16.1 Å². The summed E-state index contributed by atoms with van der Waals surface area (Å²) in [4.78, 5) is 0.0565. The summed E-state index contributed by atoms with van der Waals surface area (Å²) < 4.78 is 42.3. The van der Waals surface area contributed by atoms with Crippen LogP contribution in [0.5, 0.6) is 0 Å². The van der Waals surface area contributed by atoms with Gasteiger partial charge in [0.05, 0.1) is 10.6 Å². The molecule has 3 nitrogen and oxygen atoms in total. The molecule has 0 aliphatic heterocycles. The van der Waals surface area contributed by atoms with Gasteiger partial charge in [0.1, 0.15) is 5.82 Å². The lowest BCUT2D eigenvalue weighted by molar-refractivity contribution is 0.560. The maximum Gasteiger partial charge on any atom is 0.264 e. The van der Waals surface area contributed by atoms with Crippen molar-refractivity contribution in [3.8, 4) is 0 Å². The van der Waals surface area contributed by atoms with Gasteiger partial charge < -0.3 is 0 Å². The van der Waals surface area contributed by atoms with Gasteiger partial charge in [-0.25, -0.2) is 12.8 Å². The predicted octanol–water partition coefficient (Wildman–Crippen LogP) is 6.25. The molecule has 27 heavy (non-hydrogen) atoms. The molecular weight excluding hydrogens is 428 g/mol. The van der Waals surface area contributed by atoms with E-state index in [4.69, 9.17) is 23.2 Å². The number of thioether (sulfide) groups is 1. The minimum Gasteiger partial charge on any atom is -0.261 e. The zero-order valence-corrected chi connectivity index (χ0v) is 18.3. The fraction of sp³-hybridized carbons (Fsp3) is 0.368. The number of hydrogen-bond donors (Lipinski definition) is 0. The van der Waals surface area contributed by atoms with Crippen molar-refractivity contribution in [2.24, 2.45) is 0 Å². The average Bonchev–Trinajstić information content (AvgIpc) is 2.62. The van der Waals surface area contributed by atoms with Crippen molar-refractivity contribution in [3.05, 3.63) is 58.3 Å². The first-order valence-electron chi connectivity index (χ1n) is 8.60. The normalized spacial score (nSPS) is 12.8. The Hall–Kier alpha value is -0.950. The number of anilines is 1. The summed E-state index contributed by atoms with van der Waals surface area (Å²) >= 11 is 13.7. The van der Waals surface area contributed by atoms with Crippen LogP contribution in [0.1, 0.15) is 26.7 Å². The second-order valence-electron chi connectivity index (χ2n) is 6.04. The molecule has 0 saturated carbocycles. The lowest BCUT2D eigenvalue weighted by Gasteiger charge is -2.31. The Balaban J connectivity index is 2.45. The predicted molar refractivity (Wildman–Crippen MR) is 114 cm³/mol. The zero-order valence-electron chi connectivity index (χ0n) is 15.2. The number of sulfonamides is 1. The minimum absolute atomic E-state index is 0.0481. The zero-order chi connectivity index (χ0) is 20.0. The molecule has 0 aliphatic rings. The standard InChI is InChI=1S/C19H22Cl2FNO2S2/c1-3-26-12-4-5-14(2)23(19-13-16(21)8-11-18(19)22)27(24,25)17-9-6-15(20)7-10-17/h6-11,13-14H,3-5,12H2,1-2H3. The Bertz CT molecular complexity index is 861. The van der Waals surface area contributed by atoms with Crippen molar-refractivity contribution in [1.82, 2.24) is 0 Å². The van der Waals surface area contributed by atoms with Crippen molar-refractivity contribution in [2.75, 3.05) is 15.8 Å². The van der Waals surface area contributed by atoms with E-state index < -0.39 is 21.9 Å². The molecule has 0 aliphatic carbocycles. The van der Waals surface area contributed by atoms with Gasteiger partial charge in [-0.1, -0.05) is 30.1 Å². The van der Waals surface area contributed by atoms with E-state index >= 15 is 0 Å². The molecule has 0 N–H and O–H groups in total. The molecule has 2 aromatic carbocycles. The van der Waals surface area contributed by atoms with Gasteiger partial charge in [-0.15, -0.1) is 0 Å². The first-order chi connectivity index (χ1) is 12.8. The van der Waals surface area contributed by atoms with Crippen LogP contribution in [0.2, 0.25) is 10.0 Å². The second kappa shape index (κ2) is 10.0. The van der Waals surface area contributed by atoms with Crippen LogP contribution in [-0.4, -0.2) is 26.0 Å². The van der Waals surface area contributed by atoms with Crippen molar-refractivity contribution >= 4 is 50.7 Å². The van der Waals surface area contributed by atoms with Gasteiger partial charge in [0.2, 0.25) is 0 Å². The summed E-state index contributed by atoms with van der Waals surface area (Å²) in [7, 11) is -3.98. The molecule has 0 aromatic heterocycles. The van der Waals surface area contributed by atoms with E-state index in [2.05, 4.69) is 6.92 Å². The molecule has 0 bridgehead atoms. The first-order valence-corrected chi connectivity index (χ1v) is 11.9. The summed E-state index contributed by atoms with van der Waals surface area (Å²) in [5.41, 5.74) is -0.0481. The molecule has 2 rings (SSSR count). The smallest absolute Gasteiger partial charge is 0.261 e. The van der Waals surface area contributed by atoms with Crippen LogP contribution < -0.4 is 4.31 Å². The molecule has 0 saturated heterocycles. The molecule has 0 fully saturated rings. The molecule has 1 atom stereocenters. The Morgan fingerprint density at radius 2 is 1.74 bits per heavy atom. The quantitative estimate of drug-likeness (QED) is 0.424. The third-order valence-electron chi connectivity index (χ3n) is 4.03. The monoisotopic (exact) mass is 449 g/mol. The Morgan fingerprint density at radius 1 is 1.11 bits per heavy atom. The highest BCUT2D eigenvalue weighted by Gasteiger charge is 2.31. The molecule has 0 spiro atoms. The van der Waals surface area contributed by atoms with Crippen molar-refractivity contribution in [1.29, 1.82) is 0 Å². The van der Waals surface area contributed by atoms with Gasteiger partial charge in [-0.3, -0.25) is 4.31 Å². The molecule has 0 heterocycles. The van der Waals surface area contributed by atoms with E-state index in [-0.39, 0.29) is 15.6 Å². The van der Waals surface area contributed by atoms with Gasteiger partial charge >= 0.3 is 0 Å². The van der Waals surface area contributed by atoms with E-state index in [9.17, 15) is 12.8 Å². The fourth-order valence-electron chi connectivity index (χ4n) is 2.72. The van der Waals surface area contributed by atoms with Gasteiger partial charge in [-0.05, 0) is 73.7 Å². The maximum absolute atomic E-state index is 14.5. The summed E-state index contributed by atoms with van der Waals surface area (Å²) in [6.45, 7) is 3.86. The van der Waals surface area contributed by atoms with E-state index in [1.54, 1.807) is 18.7 Å². The maximum atomic E-state index is 14.5. The van der Waals surface area contributed by atoms with Crippen molar-refractivity contribution in [3.63, 3.8) is 0 Å². The molecular formula is C19H22Cl2FNO2S2. The Kier molecular flexibility index (Phi) is 8.28. The third kappa shape index (κ3) is 5.76. The summed E-state index contributed by atoms with van der Waals surface area (Å²) in [6.07, 6.45) is 1.43. The largest absolute Gasteiger partial charge is 0.264 e. The van der Waals surface area contributed by atoms with E-state index in [0.717, 1.165) is 22.2 Å². The number of benzene rings is 2. The SMILES string of the molecule is CCSCCCC(C)N(c1cc(Cl)ccc1F)S(=O)(=O)c1ccc(Cl)cc1. The van der Waals surface area contributed by atoms with Crippen LogP contribution in [0.4, 0.5) is 10.1 Å². The Morgan fingerprint density at radius 3 is 2.37 bits per heavy atom. The van der Waals surface area contributed by atoms with Crippen LogP contribution in [0.15, 0.2) is 47.4 Å². The second-order valence-corrected chi connectivity index (χ2v) is 10.1. The number of rotatable bonds is 9. The third-order valence-corrected chi connectivity index (χ3v) is 7.45. The highest BCUT2D eigenvalue weighted by Crippen LogP contribution is 2.32. The lowest BCUT2D eigenvalue weighted by Crippen LogP contribution is -2.39. The van der Waals surface area contributed by atoms with Gasteiger partial charge in [-0.2, -0.15) is 11.8 Å². The number of halogens is 3. The van der Waals surface area contributed by atoms with Crippen LogP contribution in [0.25, 0.3) is 0 Å². The highest BCUT2D eigenvalue weighted by atomic mass is 35.5. The van der Waals surface area contributed by atoms with Crippen LogP contribution in [0.3, 0.4) is 0 Å². The summed E-state index contributed by atoms with van der Waals surface area (Å²) in [5.74, 6) is 1.30. The molecule has 1 unspecified atom stereocenters. The Labute approximate surface area is 174 Å². The summed E-state index contributed by atoms with van der Waals surface area (Å²) in [5, 5.41) is 0.704. The van der Waals surface area contributed by atoms with Crippen LogP contribution in [0, 0.1) is 5.82 Å². The topological polar surface area (TPSA) is 37.4 Å². The number of hydrogen-bond acceptors (Lipinski definition) is 3. The highest BCUT2D eigenvalue weighted by molar-refractivity contribution is 7.99. The van der Waals surface area contributed by atoms with Crippen molar-refractivity contribution in [2.45, 2.75) is 37.6 Å². The number of nitrogens with zero attached hydrogens (tertiary/aromatic N) is 1. The van der Waals surface area contributed by atoms with Crippen LogP contribution >= 0.6 is 35.0 Å². The van der Waals surface area contributed by atoms with E-state index in [1.807, 2.05) is 0 Å². The van der Waals surface area contributed by atoms with Gasteiger partial charge in [0.25, 0.3) is 10.0 Å². The molecule has 2 aromatic rings. The average molecular weight is 450 g/mol. The minimum atomic E-state index is -3.98. The van der Waals surface area contributed by atoms with Crippen LogP contribution in [-0.2, 0) is 10.0 Å². The van der Waals surface area contributed by atoms with E-state index in [1.165, 1.54) is 42.5 Å². The van der Waals surface area contributed by atoms with Crippen molar-refractivity contribution < 1.29 is 12.8 Å². The first kappa shape index (κ1) is 22.3. The fourth-order valence-corrected chi connectivity index (χ4v) is 5.36.